The van der Waals surface area contributed by atoms with E-state index in [0.717, 1.165) is 5.69 Å². The number of nitrogens with zero attached hydrogens (tertiary/aromatic N) is 1. The van der Waals surface area contributed by atoms with Crippen LogP contribution in [0.3, 0.4) is 0 Å². The SMILES string of the molecule is CNc1nc(Nc2ccc(C)c(C)c2)c(Cl)cc1Cl. The van der Waals surface area contributed by atoms with E-state index in [1.807, 2.05) is 6.07 Å². The van der Waals surface area contributed by atoms with E-state index in [4.69, 9.17) is 23.2 Å². The molecule has 1 heterocycles. The molecular formula is C14H15Cl2N3. The van der Waals surface area contributed by atoms with Gasteiger partial charge in [0.05, 0.1) is 10.0 Å². The van der Waals surface area contributed by atoms with Gasteiger partial charge < -0.3 is 10.6 Å². The summed E-state index contributed by atoms with van der Waals surface area (Å²) in [6, 6.07) is 7.78. The van der Waals surface area contributed by atoms with Gasteiger partial charge in [0.25, 0.3) is 0 Å². The second-order valence-corrected chi connectivity index (χ2v) is 5.14. The van der Waals surface area contributed by atoms with Crippen molar-refractivity contribution in [2.75, 3.05) is 17.7 Å². The summed E-state index contributed by atoms with van der Waals surface area (Å²) >= 11 is 12.2. The number of rotatable bonds is 3. The van der Waals surface area contributed by atoms with Crippen molar-refractivity contribution in [3.05, 3.63) is 45.4 Å². The summed E-state index contributed by atoms with van der Waals surface area (Å²) in [5.41, 5.74) is 3.41. The van der Waals surface area contributed by atoms with E-state index >= 15 is 0 Å². The largest absolute Gasteiger partial charge is 0.372 e. The second kappa shape index (κ2) is 5.68. The fourth-order valence-corrected chi connectivity index (χ4v) is 2.19. The fraction of sp³-hybridized carbons (Fsp3) is 0.214. The predicted molar refractivity (Wildman–Crippen MR) is 83.0 cm³/mol. The molecule has 2 rings (SSSR count). The number of nitrogens with one attached hydrogen (secondary N) is 2. The Morgan fingerprint density at radius 2 is 1.63 bits per heavy atom. The molecule has 0 bridgehead atoms. The van der Waals surface area contributed by atoms with E-state index in [2.05, 4.69) is 41.6 Å². The van der Waals surface area contributed by atoms with Crippen LogP contribution in [0.5, 0.6) is 0 Å². The van der Waals surface area contributed by atoms with Gasteiger partial charge in [0, 0.05) is 12.7 Å². The molecule has 0 aliphatic carbocycles. The van der Waals surface area contributed by atoms with Crippen LogP contribution in [0.15, 0.2) is 24.3 Å². The molecule has 1 aromatic carbocycles. The standard InChI is InChI=1S/C14H15Cl2N3/c1-8-4-5-10(6-9(8)2)18-14-12(16)7-11(15)13(17-3)19-14/h4-7H,1-3H3,(H2,17,18,19). The van der Waals surface area contributed by atoms with Crippen molar-refractivity contribution in [3.8, 4) is 0 Å². The minimum absolute atomic E-state index is 0.488. The van der Waals surface area contributed by atoms with Crippen LogP contribution in [-0.2, 0) is 0 Å². The number of pyridine rings is 1. The normalized spacial score (nSPS) is 10.4. The van der Waals surface area contributed by atoms with E-state index in [9.17, 15) is 0 Å². The molecule has 0 aliphatic heterocycles. The Labute approximate surface area is 123 Å². The van der Waals surface area contributed by atoms with Crippen molar-refractivity contribution >= 4 is 40.5 Å². The number of hydrogen-bond donors (Lipinski definition) is 2. The molecular weight excluding hydrogens is 281 g/mol. The van der Waals surface area contributed by atoms with Gasteiger partial charge in [-0.05, 0) is 43.2 Å². The molecule has 0 atom stereocenters. The minimum atomic E-state index is 0.488. The first-order valence-electron chi connectivity index (χ1n) is 5.89. The Morgan fingerprint density at radius 1 is 0.947 bits per heavy atom. The van der Waals surface area contributed by atoms with Crippen LogP contribution in [0.1, 0.15) is 11.1 Å². The molecule has 100 valence electrons. The molecule has 1 aromatic heterocycles. The maximum absolute atomic E-state index is 6.14. The number of hydrogen-bond acceptors (Lipinski definition) is 3. The highest BCUT2D eigenvalue weighted by atomic mass is 35.5. The van der Waals surface area contributed by atoms with Gasteiger partial charge in [0.2, 0.25) is 0 Å². The molecule has 0 radical (unpaired) electrons. The molecule has 0 saturated heterocycles. The van der Waals surface area contributed by atoms with Crippen molar-refractivity contribution in [3.63, 3.8) is 0 Å². The van der Waals surface area contributed by atoms with Gasteiger partial charge in [-0.15, -0.1) is 0 Å². The third kappa shape index (κ3) is 3.11. The van der Waals surface area contributed by atoms with Crippen molar-refractivity contribution in [2.24, 2.45) is 0 Å². The topological polar surface area (TPSA) is 37.0 Å². The number of aryl methyl sites for hydroxylation is 2. The van der Waals surface area contributed by atoms with Gasteiger partial charge in [-0.2, -0.15) is 0 Å². The molecule has 0 spiro atoms. The quantitative estimate of drug-likeness (QED) is 0.855. The molecule has 0 aliphatic rings. The van der Waals surface area contributed by atoms with Crippen molar-refractivity contribution in [1.82, 2.24) is 4.98 Å². The van der Waals surface area contributed by atoms with Crippen LogP contribution < -0.4 is 10.6 Å². The van der Waals surface area contributed by atoms with E-state index in [1.54, 1.807) is 13.1 Å². The molecule has 5 heteroatoms. The number of aromatic nitrogens is 1. The molecule has 0 unspecified atom stereocenters. The molecule has 2 aromatic rings. The number of anilines is 3. The first-order chi connectivity index (χ1) is 9.01. The molecule has 19 heavy (non-hydrogen) atoms. The molecule has 0 saturated carbocycles. The molecule has 0 fully saturated rings. The Balaban J connectivity index is 2.34. The molecule has 2 N–H and O–H groups in total. The van der Waals surface area contributed by atoms with Crippen LogP contribution >= 0.6 is 23.2 Å². The summed E-state index contributed by atoms with van der Waals surface area (Å²) in [5.74, 6) is 1.18. The van der Waals surface area contributed by atoms with Gasteiger partial charge in [-0.1, -0.05) is 29.3 Å². The van der Waals surface area contributed by atoms with Gasteiger partial charge in [-0.25, -0.2) is 4.98 Å². The van der Waals surface area contributed by atoms with E-state index in [1.165, 1.54) is 11.1 Å². The number of benzene rings is 1. The Hall–Kier alpha value is -1.45. The molecule has 0 amide bonds. The highest BCUT2D eigenvalue weighted by Crippen LogP contribution is 2.31. The van der Waals surface area contributed by atoms with Gasteiger partial charge in [0.15, 0.2) is 5.82 Å². The average molecular weight is 296 g/mol. The lowest BCUT2D eigenvalue weighted by atomic mass is 10.1. The lowest BCUT2D eigenvalue weighted by Gasteiger charge is -2.12. The Bertz CT molecular complexity index is 612. The monoisotopic (exact) mass is 295 g/mol. The van der Waals surface area contributed by atoms with Crippen LogP contribution in [0.25, 0.3) is 0 Å². The third-order valence-electron chi connectivity index (χ3n) is 2.94. The lowest BCUT2D eigenvalue weighted by Crippen LogP contribution is -2.00. The van der Waals surface area contributed by atoms with Gasteiger partial charge >= 0.3 is 0 Å². The van der Waals surface area contributed by atoms with E-state index < -0.39 is 0 Å². The maximum Gasteiger partial charge on any atom is 0.151 e. The summed E-state index contributed by atoms with van der Waals surface area (Å²) in [6.07, 6.45) is 0. The Morgan fingerprint density at radius 3 is 2.26 bits per heavy atom. The van der Waals surface area contributed by atoms with Crippen LogP contribution in [0, 0.1) is 13.8 Å². The zero-order chi connectivity index (χ0) is 14.0. The zero-order valence-electron chi connectivity index (χ0n) is 11.0. The average Bonchev–Trinajstić information content (AvgIpc) is 2.37. The van der Waals surface area contributed by atoms with Crippen LogP contribution in [0.2, 0.25) is 10.0 Å². The van der Waals surface area contributed by atoms with Crippen molar-refractivity contribution in [1.29, 1.82) is 0 Å². The summed E-state index contributed by atoms with van der Waals surface area (Å²) in [6.45, 7) is 4.14. The first kappa shape index (κ1) is 14.0. The van der Waals surface area contributed by atoms with E-state index in [-0.39, 0.29) is 0 Å². The van der Waals surface area contributed by atoms with Gasteiger partial charge in [0.1, 0.15) is 5.82 Å². The van der Waals surface area contributed by atoms with Crippen LogP contribution in [0.4, 0.5) is 17.3 Å². The predicted octanol–water partition coefficient (Wildman–Crippen LogP) is 4.79. The van der Waals surface area contributed by atoms with Crippen molar-refractivity contribution < 1.29 is 0 Å². The molecule has 3 nitrogen and oxygen atoms in total. The maximum atomic E-state index is 6.14. The highest BCUT2D eigenvalue weighted by molar-refractivity contribution is 6.37. The number of halogens is 2. The summed E-state index contributed by atoms with van der Waals surface area (Å²) in [7, 11) is 1.77. The van der Waals surface area contributed by atoms with Gasteiger partial charge in [-0.3, -0.25) is 0 Å². The Kier molecular flexibility index (Phi) is 4.17. The summed E-state index contributed by atoms with van der Waals surface area (Å²) < 4.78 is 0. The minimum Gasteiger partial charge on any atom is -0.372 e. The van der Waals surface area contributed by atoms with Crippen LogP contribution in [-0.4, -0.2) is 12.0 Å². The van der Waals surface area contributed by atoms with E-state index in [0.29, 0.717) is 21.7 Å². The second-order valence-electron chi connectivity index (χ2n) is 4.32. The third-order valence-corrected chi connectivity index (χ3v) is 3.51. The lowest BCUT2D eigenvalue weighted by molar-refractivity contribution is 1.27. The smallest absolute Gasteiger partial charge is 0.151 e. The fourth-order valence-electron chi connectivity index (χ4n) is 1.69. The highest BCUT2D eigenvalue weighted by Gasteiger charge is 2.08. The zero-order valence-corrected chi connectivity index (χ0v) is 12.5. The summed E-state index contributed by atoms with van der Waals surface area (Å²) in [5, 5.41) is 7.11. The van der Waals surface area contributed by atoms with Crippen molar-refractivity contribution in [2.45, 2.75) is 13.8 Å². The summed E-state index contributed by atoms with van der Waals surface area (Å²) in [4.78, 5) is 4.35. The first-order valence-corrected chi connectivity index (χ1v) is 6.65.